The van der Waals surface area contributed by atoms with Crippen molar-refractivity contribution in [1.82, 2.24) is 29.9 Å². The Morgan fingerprint density at radius 2 is 2.00 bits per heavy atom. The summed E-state index contributed by atoms with van der Waals surface area (Å²) in [6, 6.07) is 7.69. The van der Waals surface area contributed by atoms with Crippen LogP contribution in [0.25, 0.3) is 33.6 Å². The fourth-order valence-electron chi connectivity index (χ4n) is 4.85. The number of hydrogen-bond donors (Lipinski definition) is 4. The lowest BCUT2D eigenvalue weighted by atomic mass is 9.88. The Bertz CT molecular complexity index is 1530. The van der Waals surface area contributed by atoms with Crippen LogP contribution in [0.3, 0.4) is 0 Å². The molecule has 10 nitrogen and oxygen atoms in total. The quantitative estimate of drug-likeness (QED) is 0.201. The van der Waals surface area contributed by atoms with Crippen molar-refractivity contribution in [1.29, 1.82) is 0 Å². The SMILES string of the molecule is Cn1cc(-c2cnc3[nH]cc(-c4nnc(Nc5ccc(NC(O)C6CCCCC6)cc5Cl)o4)c3c2)cn1. The monoisotopic (exact) mass is 518 g/mol. The number of aromatic amines is 1. The minimum absolute atomic E-state index is 0.213. The molecule has 1 aliphatic carbocycles. The molecular weight excluding hydrogens is 492 g/mol. The third kappa shape index (κ3) is 4.90. The van der Waals surface area contributed by atoms with E-state index in [1.54, 1.807) is 29.3 Å². The molecule has 1 fully saturated rings. The number of halogens is 1. The molecule has 5 aromatic rings. The predicted molar refractivity (Wildman–Crippen MR) is 143 cm³/mol. The van der Waals surface area contributed by atoms with E-state index >= 15 is 0 Å². The summed E-state index contributed by atoms with van der Waals surface area (Å²) in [6.45, 7) is 0. The number of H-pyrrole nitrogens is 1. The van der Waals surface area contributed by atoms with Gasteiger partial charge in [-0.3, -0.25) is 4.68 Å². The van der Waals surface area contributed by atoms with Crippen LogP contribution in [0.15, 0.2) is 53.5 Å². The van der Waals surface area contributed by atoms with Crippen molar-refractivity contribution in [2.24, 2.45) is 13.0 Å². The van der Waals surface area contributed by atoms with Crippen molar-refractivity contribution in [3.8, 4) is 22.6 Å². The Balaban J connectivity index is 1.18. The molecule has 11 heteroatoms. The molecule has 1 unspecified atom stereocenters. The average molecular weight is 519 g/mol. The van der Waals surface area contributed by atoms with Crippen molar-refractivity contribution in [3.05, 3.63) is 54.1 Å². The summed E-state index contributed by atoms with van der Waals surface area (Å²) in [5.41, 5.74) is 4.75. The molecule has 6 rings (SSSR count). The van der Waals surface area contributed by atoms with Gasteiger partial charge in [-0.05, 0) is 37.1 Å². The lowest BCUT2D eigenvalue weighted by Gasteiger charge is -2.27. The van der Waals surface area contributed by atoms with Gasteiger partial charge in [-0.2, -0.15) is 5.10 Å². The van der Waals surface area contributed by atoms with E-state index in [1.807, 2.05) is 31.4 Å². The Morgan fingerprint density at radius 3 is 2.78 bits per heavy atom. The van der Waals surface area contributed by atoms with Crippen LogP contribution in [-0.2, 0) is 7.05 Å². The largest absolute Gasteiger partial charge is 0.403 e. The first kappa shape index (κ1) is 23.5. The van der Waals surface area contributed by atoms with E-state index in [0.717, 1.165) is 46.3 Å². The number of rotatable bonds is 7. The van der Waals surface area contributed by atoms with Crippen LogP contribution < -0.4 is 10.6 Å². The zero-order valence-electron chi connectivity index (χ0n) is 20.3. The Morgan fingerprint density at radius 1 is 1.14 bits per heavy atom. The van der Waals surface area contributed by atoms with E-state index in [1.165, 1.54) is 19.3 Å². The van der Waals surface area contributed by atoms with Gasteiger partial charge in [0.05, 0.1) is 22.5 Å². The Kier molecular flexibility index (Phi) is 6.27. The van der Waals surface area contributed by atoms with Crippen LogP contribution in [-0.4, -0.2) is 41.3 Å². The Labute approximate surface area is 218 Å². The van der Waals surface area contributed by atoms with Crippen LogP contribution >= 0.6 is 11.6 Å². The second kappa shape index (κ2) is 9.87. The van der Waals surface area contributed by atoms with Gasteiger partial charge in [-0.15, -0.1) is 5.10 Å². The smallest absolute Gasteiger partial charge is 0.320 e. The summed E-state index contributed by atoms with van der Waals surface area (Å²) in [4.78, 5) is 7.67. The van der Waals surface area contributed by atoms with Gasteiger partial charge in [0.15, 0.2) is 0 Å². The maximum atomic E-state index is 10.6. The highest BCUT2D eigenvalue weighted by molar-refractivity contribution is 6.33. The number of aliphatic hydroxyl groups is 1. The minimum atomic E-state index is -0.585. The number of benzene rings is 1. The van der Waals surface area contributed by atoms with Gasteiger partial charge in [0.25, 0.3) is 5.89 Å². The van der Waals surface area contributed by atoms with Crippen LogP contribution in [0.1, 0.15) is 32.1 Å². The molecule has 0 bridgehead atoms. The van der Waals surface area contributed by atoms with Gasteiger partial charge in [0, 0.05) is 53.8 Å². The highest BCUT2D eigenvalue weighted by Crippen LogP contribution is 2.33. The fraction of sp³-hybridized carbons (Fsp3) is 0.308. The number of nitrogens with zero attached hydrogens (tertiary/aromatic N) is 5. The molecule has 1 aromatic carbocycles. The number of nitrogens with one attached hydrogen (secondary N) is 3. The number of aromatic nitrogens is 6. The molecule has 0 amide bonds. The summed E-state index contributed by atoms with van der Waals surface area (Å²) < 4.78 is 7.66. The summed E-state index contributed by atoms with van der Waals surface area (Å²) in [6.07, 6.45) is 12.4. The van der Waals surface area contributed by atoms with E-state index in [9.17, 15) is 5.11 Å². The van der Waals surface area contributed by atoms with Crippen LogP contribution in [0.2, 0.25) is 5.02 Å². The van der Waals surface area contributed by atoms with Crippen molar-refractivity contribution in [2.45, 2.75) is 38.3 Å². The van der Waals surface area contributed by atoms with Gasteiger partial charge in [0.1, 0.15) is 11.9 Å². The van der Waals surface area contributed by atoms with Gasteiger partial charge in [-0.1, -0.05) is 36.0 Å². The normalized spacial score (nSPS) is 15.2. The zero-order chi connectivity index (χ0) is 25.4. The number of aryl methyl sites for hydroxylation is 1. The molecule has 0 aliphatic heterocycles. The van der Waals surface area contributed by atoms with Crippen LogP contribution in [0, 0.1) is 5.92 Å². The third-order valence-electron chi connectivity index (χ3n) is 6.85. The lowest BCUT2D eigenvalue weighted by molar-refractivity contribution is 0.109. The first-order chi connectivity index (χ1) is 18.0. The van der Waals surface area contributed by atoms with E-state index < -0.39 is 6.23 Å². The summed E-state index contributed by atoms with van der Waals surface area (Å²) >= 11 is 6.52. The second-order valence-electron chi connectivity index (χ2n) is 9.44. The van der Waals surface area contributed by atoms with Gasteiger partial charge in [-0.25, -0.2) is 4.98 Å². The molecule has 1 atom stereocenters. The molecular formula is C26H27ClN8O2. The molecule has 1 aliphatic rings. The summed E-state index contributed by atoms with van der Waals surface area (Å²) in [5, 5.41) is 30.8. The summed E-state index contributed by atoms with van der Waals surface area (Å²) in [5.74, 6) is 0.617. The van der Waals surface area contributed by atoms with Gasteiger partial charge >= 0.3 is 6.01 Å². The molecule has 1 saturated carbocycles. The zero-order valence-corrected chi connectivity index (χ0v) is 21.0. The number of hydrogen-bond acceptors (Lipinski definition) is 8. The molecule has 0 spiro atoms. The van der Waals surface area contributed by atoms with Crippen molar-refractivity contribution in [3.63, 3.8) is 0 Å². The third-order valence-corrected chi connectivity index (χ3v) is 7.16. The molecule has 4 heterocycles. The molecule has 0 radical (unpaired) electrons. The minimum Gasteiger partial charge on any atom is -0.403 e. The van der Waals surface area contributed by atoms with Crippen LogP contribution in [0.4, 0.5) is 17.4 Å². The fourth-order valence-corrected chi connectivity index (χ4v) is 5.08. The van der Waals surface area contributed by atoms with Crippen molar-refractivity contribution >= 4 is 40.0 Å². The molecule has 37 heavy (non-hydrogen) atoms. The molecule has 4 aromatic heterocycles. The topological polar surface area (TPSA) is 130 Å². The highest BCUT2D eigenvalue weighted by atomic mass is 35.5. The first-order valence-corrected chi connectivity index (χ1v) is 12.7. The van der Waals surface area contributed by atoms with E-state index in [-0.39, 0.29) is 11.9 Å². The predicted octanol–water partition coefficient (Wildman–Crippen LogP) is 5.72. The molecule has 190 valence electrons. The maximum absolute atomic E-state index is 10.6. The highest BCUT2D eigenvalue weighted by Gasteiger charge is 2.22. The second-order valence-corrected chi connectivity index (χ2v) is 9.85. The first-order valence-electron chi connectivity index (χ1n) is 12.3. The number of fused-ring (bicyclic) bond motifs is 1. The number of pyridine rings is 1. The summed E-state index contributed by atoms with van der Waals surface area (Å²) in [7, 11) is 1.88. The van der Waals surface area contributed by atoms with E-state index in [4.69, 9.17) is 16.0 Å². The molecule has 4 N–H and O–H groups in total. The standard InChI is InChI=1S/C26H27ClN8O2/c1-35-14-17(12-30-35)16-9-19-20(13-29-23(19)28-11-16)25-33-34-26(37-25)32-22-8-7-18(10-21(22)27)31-24(36)15-5-3-2-4-6-15/h7-15,24,31,36H,2-6H2,1H3,(H,28,29)(H,32,34). The number of anilines is 3. The average Bonchev–Trinajstić information content (AvgIpc) is 3.65. The van der Waals surface area contributed by atoms with Crippen molar-refractivity contribution in [2.75, 3.05) is 10.6 Å². The van der Waals surface area contributed by atoms with E-state index in [2.05, 4.69) is 35.9 Å². The Hall–Kier alpha value is -3.89. The van der Waals surface area contributed by atoms with E-state index in [0.29, 0.717) is 16.6 Å². The van der Waals surface area contributed by atoms with Gasteiger partial charge in [0.2, 0.25) is 0 Å². The van der Waals surface area contributed by atoms with Crippen molar-refractivity contribution < 1.29 is 9.52 Å². The molecule has 0 saturated heterocycles. The lowest BCUT2D eigenvalue weighted by Crippen LogP contribution is -2.30. The van der Waals surface area contributed by atoms with Crippen LogP contribution in [0.5, 0.6) is 0 Å². The number of aliphatic hydroxyl groups excluding tert-OH is 1. The maximum Gasteiger partial charge on any atom is 0.320 e. The van der Waals surface area contributed by atoms with Gasteiger partial charge < -0.3 is 25.1 Å².